The van der Waals surface area contributed by atoms with E-state index in [0.29, 0.717) is 30.3 Å². The summed E-state index contributed by atoms with van der Waals surface area (Å²) in [6, 6.07) is 6.63. The second kappa shape index (κ2) is 5.32. The normalized spacial score (nSPS) is 15.5. The number of anilines is 1. The SMILES string of the molecule is Fc1ccccc1-c1cnc(N2CCOCC2)nc1. The fourth-order valence-electron chi connectivity index (χ4n) is 2.08. The highest BCUT2D eigenvalue weighted by Gasteiger charge is 2.14. The molecule has 0 spiro atoms. The lowest BCUT2D eigenvalue weighted by atomic mass is 10.1. The lowest BCUT2D eigenvalue weighted by molar-refractivity contribution is 0.122. The molecular formula is C14H14FN3O. The number of rotatable bonds is 2. The van der Waals surface area contributed by atoms with Gasteiger partial charge in [0.1, 0.15) is 5.82 Å². The minimum absolute atomic E-state index is 0.259. The Morgan fingerprint density at radius 2 is 1.74 bits per heavy atom. The summed E-state index contributed by atoms with van der Waals surface area (Å²) in [4.78, 5) is 10.7. The van der Waals surface area contributed by atoms with Crippen LogP contribution in [-0.2, 0) is 4.74 Å². The highest BCUT2D eigenvalue weighted by atomic mass is 19.1. The van der Waals surface area contributed by atoms with Gasteiger partial charge in [0.25, 0.3) is 0 Å². The van der Waals surface area contributed by atoms with Gasteiger partial charge in [-0.25, -0.2) is 14.4 Å². The van der Waals surface area contributed by atoms with Crippen LogP contribution in [0, 0.1) is 5.82 Å². The molecule has 1 aliphatic rings. The van der Waals surface area contributed by atoms with E-state index in [9.17, 15) is 4.39 Å². The molecule has 1 saturated heterocycles. The first kappa shape index (κ1) is 12.0. The van der Waals surface area contributed by atoms with E-state index in [-0.39, 0.29) is 5.82 Å². The molecule has 0 atom stereocenters. The summed E-state index contributed by atoms with van der Waals surface area (Å²) in [5, 5.41) is 0. The monoisotopic (exact) mass is 259 g/mol. The van der Waals surface area contributed by atoms with Crippen LogP contribution in [0.1, 0.15) is 0 Å². The summed E-state index contributed by atoms with van der Waals surface area (Å²) < 4.78 is 18.9. The van der Waals surface area contributed by atoms with Gasteiger partial charge in [-0.05, 0) is 6.07 Å². The number of ether oxygens (including phenoxy) is 1. The third-order valence-corrected chi connectivity index (χ3v) is 3.12. The predicted octanol–water partition coefficient (Wildman–Crippen LogP) is 2.12. The van der Waals surface area contributed by atoms with Crippen LogP contribution < -0.4 is 4.90 Å². The van der Waals surface area contributed by atoms with Crippen molar-refractivity contribution in [1.82, 2.24) is 9.97 Å². The van der Waals surface area contributed by atoms with Crippen molar-refractivity contribution < 1.29 is 9.13 Å². The van der Waals surface area contributed by atoms with E-state index in [4.69, 9.17) is 4.74 Å². The minimum atomic E-state index is -0.259. The van der Waals surface area contributed by atoms with Crippen LogP contribution in [0.2, 0.25) is 0 Å². The molecule has 1 aromatic carbocycles. The van der Waals surface area contributed by atoms with Crippen LogP contribution in [0.5, 0.6) is 0 Å². The van der Waals surface area contributed by atoms with Crippen LogP contribution in [0.25, 0.3) is 11.1 Å². The molecule has 3 rings (SSSR count). The van der Waals surface area contributed by atoms with Gasteiger partial charge in [-0.2, -0.15) is 0 Å². The molecule has 98 valence electrons. The van der Waals surface area contributed by atoms with Crippen molar-refractivity contribution >= 4 is 5.95 Å². The molecule has 2 heterocycles. The van der Waals surface area contributed by atoms with Crippen LogP contribution in [0.15, 0.2) is 36.7 Å². The second-order valence-corrected chi connectivity index (χ2v) is 4.35. The summed E-state index contributed by atoms with van der Waals surface area (Å²) in [6.45, 7) is 2.97. The number of morpholine rings is 1. The molecule has 0 N–H and O–H groups in total. The van der Waals surface area contributed by atoms with Gasteiger partial charge in [0.05, 0.1) is 13.2 Å². The Balaban J connectivity index is 1.84. The average Bonchev–Trinajstić information content (AvgIpc) is 2.49. The molecular weight excluding hydrogens is 245 g/mol. The van der Waals surface area contributed by atoms with E-state index in [1.165, 1.54) is 6.07 Å². The van der Waals surface area contributed by atoms with Gasteiger partial charge < -0.3 is 9.64 Å². The fraction of sp³-hybridized carbons (Fsp3) is 0.286. The summed E-state index contributed by atoms with van der Waals surface area (Å²) in [6.07, 6.45) is 3.33. The van der Waals surface area contributed by atoms with Crippen LogP contribution in [0.4, 0.5) is 10.3 Å². The zero-order valence-electron chi connectivity index (χ0n) is 10.4. The molecule has 19 heavy (non-hydrogen) atoms. The third kappa shape index (κ3) is 2.56. The molecule has 5 heteroatoms. The summed E-state index contributed by atoms with van der Waals surface area (Å²) in [7, 11) is 0. The Labute approximate surface area is 110 Å². The second-order valence-electron chi connectivity index (χ2n) is 4.35. The molecule has 0 unspecified atom stereocenters. The van der Waals surface area contributed by atoms with Crippen LogP contribution >= 0.6 is 0 Å². The number of hydrogen-bond donors (Lipinski definition) is 0. The Hall–Kier alpha value is -2.01. The topological polar surface area (TPSA) is 38.2 Å². The number of halogens is 1. The van der Waals surface area contributed by atoms with Gasteiger partial charge in [0, 0.05) is 36.6 Å². The van der Waals surface area contributed by atoms with Gasteiger partial charge in [-0.1, -0.05) is 18.2 Å². The van der Waals surface area contributed by atoms with Gasteiger partial charge in [0.2, 0.25) is 5.95 Å². The van der Waals surface area contributed by atoms with Gasteiger partial charge in [-0.15, -0.1) is 0 Å². The van der Waals surface area contributed by atoms with Gasteiger partial charge in [-0.3, -0.25) is 0 Å². The lowest BCUT2D eigenvalue weighted by Gasteiger charge is -2.26. The number of aromatic nitrogens is 2. The maximum Gasteiger partial charge on any atom is 0.225 e. The minimum Gasteiger partial charge on any atom is -0.378 e. The molecule has 1 aromatic heterocycles. The van der Waals surface area contributed by atoms with E-state index >= 15 is 0 Å². The molecule has 0 saturated carbocycles. The highest BCUT2D eigenvalue weighted by molar-refractivity contribution is 5.62. The van der Waals surface area contributed by atoms with E-state index in [1.54, 1.807) is 30.6 Å². The standard InChI is InChI=1S/C14H14FN3O/c15-13-4-2-1-3-12(13)11-9-16-14(17-10-11)18-5-7-19-8-6-18/h1-4,9-10H,5-8H2. The zero-order valence-corrected chi connectivity index (χ0v) is 10.4. The maximum atomic E-state index is 13.6. The molecule has 0 amide bonds. The van der Waals surface area contributed by atoms with E-state index in [1.807, 2.05) is 0 Å². The van der Waals surface area contributed by atoms with Gasteiger partial charge >= 0.3 is 0 Å². The van der Waals surface area contributed by atoms with Crippen molar-refractivity contribution in [2.75, 3.05) is 31.2 Å². The Morgan fingerprint density at radius 1 is 1.05 bits per heavy atom. The van der Waals surface area contributed by atoms with E-state index < -0.39 is 0 Å². The Bertz CT molecular complexity index is 553. The Morgan fingerprint density at radius 3 is 2.42 bits per heavy atom. The molecule has 1 aliphatic heterocycles. The maximum absolute atomic E-state index is 13.6. The van der Waals surface area contributed by atoms with Crippen molar-refractivity contribution in [3.05, 3.63) is 42.5 Å². The fourth-order valence-corrected chi connectivity index (χ4v) is 2.08. The molecule has 0 aliphatic carbocycles. The summed E-state index contributed by atoms with van der Waals surface area (Å²) in [5.41, 5.74) is 1.21. The predicted molar refractivity (Wildman–Crippen MR) is 70.5 cm³/mol. The van der Waals surface area contributed by atoms with Crippen molar-refractivity contribution in [1.29, 1.82) is 0 Å². The molecule has 4 nitrogen and oxygen atoms in total. The average molecular weight is 259 g/mol. The van der Waals surface area contributed by atoms with E-state index in [2.05, 4.69) is 14.9 Å². The largest absolute Gasteiger partial charge is 0.378 e. The quantitative estimate of drug-likeness (QED) is 0.828. The van der Waals surface area contributed by atoms with Crippen molar-refractivity contribution in [2.24, 2.45) is 0 Å². The van der Waals surface area contributed by atoms with Crippen molar-refractivity contribution in [2.45, 2.75) is 0 Å². The smallest absolute Gasteiger partial charge is 0.225 e. The summed E-state index contributed by atoms with van der Waals surface area (Å²) in [5.74, 6) is 0.411. The summed E-state index contributed by atoms with van der Waals surface area (Å²) >= 11 is 0. The number of nitrogens with zero attached hydrogens (tertiary/aromatic N) is 3. The third-order valence-electron chi connectivity index (χ3n) is 3.12. The van der Waals surface area contributed by atoms with E-state index in [0.717, 1.165) is 13.1 Å². The first-order chi connectivity index (χ1) is 9.34. The lowest BCUT2D eigenvalue weighted by Crippen LogP contribution is -2.37. The van der Waals surface area contributed by atoms with Gasteiger partial charge in [0.15, 0.2) is 0 Å². The van der Waals surface area contributed by atoms with Crippen molar-refractivity contribution in [3.8, 4) is 11.1 Å². The first-order valence-electron chi connectivity index (χ1n) is 6.24. The van der Waals surface area contributed by atoms with Crippen LogP contribution in [0.3, 0.4) is 0 Å². The van der Waals surface area contributed by atoms with Crippen LogP contribution in [-0.4, -0.2) is 36.3 Å². The molecule has 0 bridgehead atoms. The van der Waals surface area contributed by atoms with Crippen molar-refractivity contribution in [3.63, 3.8) is 0 Å². The molecule has 2 aromatic rings. The Kier molecular flexibility index (Phi) is 3.37. The zero-order chi connectivity index (χ0) is 13.1. The molecule has 0 radical (unpaired) electrons. The highest BCUT2D eigenvalue weighted by Crippen LogP contribution is 2.22. The number of hydrogen-bond acceptors (Lipinski definition) is 4. The first-order valence-corrected chi connectivity index (χ1v) is 6.24. The number of benzene rings is 1. The molecule has 1 fully saturated rings.